The highest BCUT2D eigenvalue weighted by Gasteiger charge is 2.38. The zero-order chi connectivity index (χ0) is 14.8. The minimum absolute atomic E-state index is 0.269. The second-order valence-electron chi connectivity index (χ2n) is 6.84. The minimum atomic E-state index is 0.269. The molecule has 2 rings (SSSR count). The van der Waals surface area contributed by atoms with Crippen molar-refractivity contribution in [3.63, 3.8) is 0 Å². The number of phenolic OH excluding ortho intramolecular Hbond substituents is 1. The Bertz CT molecular complexity index is 447. The van der Waals surface area contributed by atoms with Crippen LogP contribution in [0.2, 0.25) is 0 Å². The SMILES string of the molecule is CCCN(CCC)[C@H]1Cc2c(O)cccc2CC1(C)C. The van der Waals surface area contributed by atoms with Crippen LogP contribution in [0.1, 0.15) is 51.7 Å². The van der Waals surface area contributed by atoms with Gasteiger partial charge in [0.15, 0.2) is 0 Å². The van der Waals surface area contributed by atoms with Crippen LogP contribution in [-0.4, -0.2) is 29.1 Å². The van der Waals surface area contributed by atoms with E-state index in [-0.39, 0.29) is 5.41 Å². The van der Waals surface area contributed by atoms with E-state index in [1.165, 1.54) is 24.0 Å². The molecule has 1 aliphatic rings. The van der Waals surface area contributed by atoms with Crippen molar-refractivity contribution in [3.05, 3.63) is 29.3 Å². The summed E-state index contributed by atoms with van der Waals surface area (Å²) in [4.78, 5) is 2.63. The monoisotopic (exact) mass is 275 g/mol. The molecule has 0 unspecified atom stereocenters. The predicted octanol–water partition coefficient (Wildman–Crippen LogP) is 4.01. The van der Waals surface area contributed by atoms with Gasteiger partial charge in [-0.1, -0.05) is 39.8 Å². The lowest BCUT2D eigenvalue weighted by Gasteiger charge is -2.46. The molecule has 2 nitrogen and oxygen atoms in total. The Kier molecular flexibility index (Phi) is 4.74. The first-order valence-corrected chi connectivity index (χ1v) is 8.03. The van der Waals surface area contributed by atoms with Gasteiger partial charge < -0.3 is 5.11 Å². The molecule has 0 saturated heterocycles. The van der Waals surface area contributed by atoms with Crippen molar-refractivity contribution in [3.8, 4) is 5.75 Å². The standard InChI is InChI=1S/C18H29NO/c1-5-10-19(11-6-2)17-12-15-14(13-18(17,3)4)8-7-9-16(15)20/h7-9,17,20H,5-6,10-13H2,1-4H3/t17-/m0/s1. The van der Waals surface area contributed by atoms with Gasteiger partial charge in [0.2, 0.25) is 0 Å². The largest absolute Gasteiger partial charge is 0.508 e. The lowest BCUT2D eigenvalue weighted by Crippen LogP contribution is -2.50. The fourth-order valence-electron chi connectivity index (χ4n) is 3.72. The first kappa shape index (κ1) is 15.4. The van der Waals surface area contributed by atoms with Gasteiger partial charge in [-0.15, -0.1) is 0 Å². The number of hydrogen-bond donors (Lipinski definition) is 1. The summed E-state index contributed by atoms with van der Waals surface area (Å²) in [5, 5.41) is 10.2. The third-order valence-corrected chi connectivity index (χ3v) is 4.66. The van der Waals surface area contributed by atoms with E-state index in [1.807, 2.05) is 12.1 Å². The first-order chi connectivity index (χ1) is 9.49. The molecule has 0 aliphatic heterocycles. The molecule has 0 saturated carbocycles. The topological polar surface area (TPSA) is 23.5 Å². The van der Waals surface area contributed by atoms with Gasteiger partial charge in [-0.25, -0.2) is 0 Å². The average molecular weight is 275 g/mol. The Morgan fingerprint density at radius 1 is 1.20 bits per heavy atom. The van der Waals surface area contributed by atoms with Gasteiger partial charge >= 0.3 is 0 Å². The third-order valence-electron chi connectivity index (χ3n) is 4.66. The van der Waals surface area contributed by atoms with E-state index in [0.29, 0.717) is 11.8 Å². The van der Waals surface area contributed by atoms with Crippen molar-refractivity contribution >= 4 is 0 Å². The molecule has 1 aromatic carbocycles. The number of rotatable bonds is 5. The lowest BCUT2D eigenvalue weighted by molar-refractivity contribution is 0.0770. The third kappa shape index (κ3) is 3.01. The van der Waals surface area contributed by atoms with Crippen LogP contribution in [0.25, 0.3) is 0 Å². The van der Waals surface area contributed by atoms with Crippen LogP contribution >= 0.6 is 0 Å². The van der Waals surface area contributed by atoms with E-state index in [9.17, 15) is 5.11 Å². The van der Waals surface area contributed by atoms with E-state index in [1.54, 1.807) is 0 Å². The highest BCUT2D eigenvalue weighted by Crippen LogP contribution is 2.40. The molecular weight excluding hydrogens is 246 g/mol. The van der Waals surface area contributed by atoms with Gasteiger partial charge in [-0.3, -0.25) is 4.90 Å². The zero-order valence-electron chi connectivity index (χ0n) is 13.4. The summed E-state index contributed by atoms with van der Waals surface area (Å²) in [5.41, 5.74) is 2.78. The van der Waals surface area contributed by atoms with Crippen molar-refractivity contribution in [1.29, 1.82) is 0 Å². The van der Waals surface area contributed by atoms with Crippen LogP contribution in [0.4, 0.5) is 0 Å². The van der Waals surface area contributed by atoms with E-state index >= 15 is 0 Å². The Balaban J connectivity index is 2.31. The fourth-order valence-corrected chi connectivity index (χ4v) is 3.72. The summed E-state index contributed by atoms with van der Waals surface area (Å²) < 4.78 is 0. The molecule has 112 valence electrons. The van der Waals surface area contributed by atoms with Crippen molar-refractivity contribution in [2.45, 2.75) is 59.4 Å². The van der Waals surface area contributed by atoms with E-state index in [4.69, 9.17) is 0 Å². The summed E-state index contributed by atoms with van der Waals surface area (Å²) in [6, 6.07) is 6.51. The molecular formula is C18H29NO. The highest BCUT2D eigenvalue weighted by atomic mass is 16.3. The van der Waals surface area contributed by atoms with Crippen molar-refractivity contribution in [2.75, 3.05) is 13.1 Å². The molecule has 1 atom stereocenters. The van der Waals surface area contributed by atoms with Gasteiger partial charge in [-0.2, -0.15) is 0 Å². The number of fused-ring (bicyclic) bond motifs is 1. The van der Waals surface area contributed by atoms with Crippen molar-refractivity contribution in [1.82, 2.24) is 4.90 Å². The first-order valence-electron chi connectivity index (χ1n) is 8.03. The number of nitrogens with zero attached hydrogens (tertiary/aromatic N) is 1. The zero-order valence-corrected chi connectivity index (χ0v) is 13.4. The van der Waals surface area contributed by atoms with Gasteiger partial charge in [0.25, 0.3) is 0 Å². The van der Waals surface area contributed by atoms with E-state index < -0.39 is 0 Å². The molecule has 0 spiro atoms. The molecule has 0 radical (unpaired) electrons. The van der Waals surface area contributed by atoms with Gasteiger partial charge in [-0.05, 0) is 61.4 Å². The summed E-state index contributed by atoms with van der Waals surface area (Å²) in [5.74, 6) is 0.482. The van der Waals surface area contributed by atoms with Crippen LogP contribution in [0.3, 0.4) is 0 Å². The molecule has 0 heterocycles. The molecule has 2 heteroatoms. The average Bonchev–Trinajstić information content (AvgIpc) is 2.37. The van der Waals surface area contributed by atoms with Crippen LogP contribution in [-0.2, 0) is 12.8 Å². The predicted molar refractivity (Wildman–Crippen MR) is 85.2 cm³/mol. The summed E-state index contributed by atoms with van der Waals surface area (Å²) in [6.07, 6.45) is 4.43. The molecule has 20 heavy (non-hydrogen) atoms. The molecule has 0 bridgehead atoms. The minimum Gasteiger partial charge on any atom is -0.508 e. The van der Waals surface area contributed by atoms with E-state index in [0.717, 1.165) is 25.9 Å². The lowest BCUT2D eigenvalue weighted by atomic mass is 9.69. The van der Waals surface area contributed by atoms with Crippen LogP contribution in [0, 0.1) is 5.41 Å². The van der Waals surface area contributed by atoms with Gasteiger partial charge in [0.05, 0.1) is 0 Å². The van der Waals surface area contributed by atoms with Gasteiger partial charge in [0.1, 0.15) is 5.75 Å². The van der Waals surface area contributed by atoms with Crippen molar-refractivity contribution in [2.24, 2.45) is 5.41 Å². The molecule has 0 aromatic heterocycles. The summed E-state index contributed by atoms with van der Waals surface area (Å²) in [7, 11) is 0. The fraction of sp³-hybridized carbons (Fsp3) is 0.667. The highest BCUT2D eigenvalue weighted by molar-refractivity contribution is 5.42. The molecule has 1 aromatic rings. The summed E-state index contributed by atoms with van der Waals surface area (Å²) in [6.45, 7) is 11.6. The number of aromatic hydroxyl groups is 1. The Hall–Kier alpha value is -1.02. The smallest absolute Gasteiger partial charge is 0.119 e. The Morgan fingerprint density at radius 3 is 2.45 bits per heavy atom. The van der Waals surface area contributed by atoms with Crippen LogP contribution in [0.5, 0.6) is 5.75 Å². The molecule has 1 N–H and O–H groups in total. The van der Waals surface area contributed by atoms with Gasteiger partial charge in [0, 0.05) is 6.04 Å². The normalized spacial score (nSPS) is 20.9. The maximum Gasteiger partial charge on any atom is 0.119 e. The number of benzene rings is 1. The quantitative estimate of drug-likeness (QED) is 0.877. The number of phenols is 1. The number of hydrogen-bond acceptors (Lipinski definition) is 2. The second-order valence-corrected chi connectivity index (χ2v) is 6.84. The molecule has 0 fully saturated rings. The maximum absolute atomic E-state index is 10.2. The second kappa shape index (κ2) is 6.17. The van der Waals surface area contributed by atoms with E-state index in [2.05, 4.69) is 38.7 Å². The van der Waals surface area contributed by atoms with Crippen LogP contribution < -0.4 is 0 Å². The van der Waals surface area contributed by atoms with Crippen molar-refractivity contribution < 1.29 is 5.11 Å². The Labute approximate surface area is 123 Å². The molecule has 0 amide bonds. The van der Waals surface area contributed by atoms with Crippen LogP contribution in [0.15, 0.2) is 18.2 Å². The Morgan fingerprint density at radius 2 is 1.85 bits per heavy atom. The summed E-state index contributed by atoms with van der Waals surface area (Å²) >= 11 is 0. The maximum atomic E-state index is 10.2. The molecule has 1 aliphatic carbocycles.